The highest BCUT2D eigenvalue weighted by Gasteiger charge is 2.50. The molecule has 0 unspecified atom stereocenters. The summed E-state index contributed by atoms with van der Waals surface area (Å²) in [5.74, 6) is -0.373. The molecule has 1 aliphatic heterocycles. The molecular weight excluding hydrogens is 354 g/mol. The van der Waals surface area contributed by atoms with Crippen LogP contribution in [0.5, 0.6) is 0 Å². The molecule has 7 heteroatoms. The lowest BCUT2D eigenvalue weighted by molar-refractivity contribution is -0.135. The molecule has 3 atom stereocenters. The van der Waals surface area contributed by atoms with Crippen LogP contribution in [0.2, 0.25) is 5.02 Å². The maximum absolute atomic E-state index is 12.9. The number of halogens is 1. The lowest BCUT2D eigenvalue weighted by Crippen LogP contribution is -2.47. The van der Waals surface area contributed by atoms with E-state index in [1.165, 1.54) is 6.42 Å². The Morgan fingerprint density at radius 3 is 2.69 bits per heavy atom. The summed E-state index contributed by atoms with van der Waals surface area (Å²) in [4.78, 5) is 38.6. The second-order valence-electron chi connectivity index (χ2n) is 7.36. The summed E-state index contributed by atoms with van der Waals surface area (Å²) in [6.07, 6.45) is 4.28. The fourth-order valence-electron chi connectivity index (χ4n) is 3.82. The molecule has 26 heavy (non-hydrogen) atoms. The Morgan fingerprint density at radius 2 is 2.00 bits per heavy atom. The zero-order chi connectivity index (χ0) is 18.9. The van der Waals surface area contributed by atoms with Gasteiger partial charge in [-0.15, -0.1) is 0 Å². The second-order valence-corrected chi connectivity index (χ2v) is 7.77. The summed E-state index contributed by atoms with van der Waals surface area (Å²) in [7, 11) is 0. The number of amides is 4. The first-order valence-electron chi connectivity index (χ1n) is 9.01. The lowest BCUT2D eigenvalue weighted by atomic mass is 9.86. The van der Waals surface area contributed by atoms with E-state index < -0.39 is 17.5 Å². The SMILES string of the molecule is C[C@@H]1CCCC[C@@H]1NC(=O)CN1C(=O)N[C@](C)(c2ccccc2Cl)C1=O. The average molecular weight is 378 g/mol. The number of carbonyl (C=O) groups excluding carboxylic acids is 3. The van der Waals surface area contributed by atoms with Gasteiger partial charge in [-0.3, -0.25) is 14.5 Å². The Hall–Kier alpha value is -2.08. The van der Waals surface area contributed by atoms with Crippen molar-refractivity contribution in [2.45, 2.75) is 51.1 Å². The number of hydrogen-bond acceptors (Lipinski definition) is 3. The zero-order valence-corrected chi connectivity index (χ0v) is 15.8. The van der Waals surface area contributed by atoms with Gasteiger partial charge in [0.25, 0.3) is 5.91 Å². The van der Waals surface area contributed by atoms with Crippen molar-refractivity contribution in [3.8, 4) is 0 Å². The molecule has 0 spiro atoms. The highest BCUT2D eigenvalue weighted by molar-refractivity contribution is 6.32. The molecule has 0 aromatic heterocycles. The van der Waals surface area contributed by atoms with Gasteiger partial charge in [-0.1, -0.05) is 49.6 Å². The third-order valence-corrected chi connectivity index (χ3v) is 5.78. The Labute approximate surface area is 158 Å². The first-order valence-corrected chi connectivity index (χ1v) is 9.39. The van der Waals surface area contributed by atoms with E-state index in [1.54, 1.807) is 31.2 Å². The zero-order valence-electron chi connectivity index (χ0n) is 15.0. The van der Waals surface area contributed by atoms with Crippen molar-refractivity contribution in [2.24, 2.45) is 5.92 Å². The van der Waals surface area contributed by atoms with Crippen LogP contribution >= 0.6 is 11.6 Å². The van der Waals surface area contributed by atoms with Crippen molar-refractivity contribution in [1.82, 2.24) is 15.5 Å². The number of nitrogens with one attached hydrogen (secondary N) is 2. The Morgan fingerprint density at radius 1 is 1.31 bits per heavy atom. The number of urea groups is 1. The van der Waals surface area contributed by atoms with E-state index in [1.807, 2.05) is 0 Å². The van der Waals surface area contributed by atoms with E-state index in [9.17, 15) is 14.4 Å². The Balaban J connectivity index is 1.71. The van der Waals surface area contributed by atoms with Crippen LogP contribution in [0.1, 0.15) is 45.1 Å². The van der Waals surface area contributed by atoms with Crippen molar-refractivity contribution in [3.63, 3.8) is 0 Å². The standard InChI is InChI=1S/C19H24ClN3O3/c1-12-7-3-6-10-15(12)21-16(24)11-23-17(25)19(2,22-18(23)26)13-8-4-5-9-14(13)20/h4-5,8-9,12,15H,3,6-7,10-11H2,1-2H3,(H,21,24)(H,22,26)/t12-,15+,19-/m1/s1. The maximum Gasteiger partial charge on any atom is 0.325 e. The molecule has 1 saturated heterocycles. The van der Waals surface area contributed by atoms with Crippen molar-refractivity contribution in [1.29, 1.82) is 0 Å². The van der Waals surface area contributed by atoms with Crippen molar-refractivity contribution in [3.05, 3.63) is 34.9 Å². The van der Waals surface area contributed by atoms with Gasteiger partial charge in [-0.25, -0.2) is 4.79 Å². The topological polar surface area (TPSA) is 78.5 Å². The van der Waals surface area contributed by atoms with Crippen molar-refractivity contribution >= 4 is 29.4 Å². The van der Waals surface area contributed by atoms with E-state index in [2.05, 4.69) is 17.6 Å². The van der Waals surface area contributed by atoms with Gasteiger partial charge < -0.3 is 10.6 Å². The largest absolute Gasteiger partial charge is 0.352 e. The Kier molecular flexibility index (Phi) is 5.23. The van der Waals surface area contributed by atoms with Crippen LogP contribution < -0.4 is 10.6 Å². The molecule has 3 rings (SSSR count). The molecular formula is C19H24ClN3O3. The Bertz CT molecular complexity index is 738. The molecule has 1 saturated carbocycles. The molecule has 2 aliphatic rings. The van der Waals surface area contributed by atoms with Gasteiger partial charge in [0.2, 0.25) is 5.91 Å². The molecule has 4 amide bonds. The molecule has 0 bridgehead atoms. The van der Waals surface area contributed by atoms with Gasteiger partial charge in [0.15, 0.2) is 0 Å². The minimum absolute atomic E-state index is 0.104. The van der Waals surface area contributed by atoms with Crippen LogP contribution in [0.15, 0.2) is 24.3 Å². The molecule has 1 aromatic carbocycles. The predicted octanol–water partition coefficient (Wildman–Crippen LogP) is 2.80. The maximum atomic E-state index is 12.9. The summed E-state index contributed by atoms with van der Waals surface area (Å²) in [6, 6.07) is 6.41. The normalized spacial score (nSPS) is 28.8. The fraction of sp³-hybridized carbons (Fsp3) is 0.526. The summed E-state index contributed by atoms with van der Waals surface area (Å²) >= 11 is 6.20. The molecule has 1 aromatic rings. The lowest BCUT2D eigenvalue weighted by Gasteiger charge is -2.30. The van der Waals surface area contributed by atoms with Crippen LogP contribution in [0.3, 0.4) is 0 Å². The molecule has 1 heterocycles. The van der Waals surface area contributed by atoms with E-state index in [4.69, 9.17) is 11.6 Å². The highest BCUT2D eigenvalue weighted by Crippen LogP contribution is 2.33. The highest BCUT2D eigenvalue weighted by atomic mass is 35.5. The molecule has 6 nitrogen and oxygen atoms in total. The van der Waals surface area contributed by atoms with Crippen LogP contribution in [-0.2, 0) is 15.1 Å². The quantitative estimate of drug-likeness (QED) is 0.792. The van der Waals surface area contributed by atoms with Gasteiger partial charge in [-0.05, 0) is 31.7 Å². The fourth-order valence-corrected chi connectivity index (χ4v) is 4.14. The summed E-state index contributed by atoms with van der Waals surface area (Å²) in [5, 5.41) is 6.05. The average Bonchev–Trinajstić information content (AvgIpc) is 2.81. The van der Waals surface area contributed by atoms with Crippen LogP contribution in [0.25, 0.3) is 0 Å². The minimum Gasteiger partial charge on any atom is -0.352 e. The van der Waals surface area contributed by atoms with E-state index >= 15 is 0 Å². The van der Waals surface area contributed by atoms with Crippen LogP contribution in [0, 0.1) is 5.92 Å². The number of hydrogen-bond donors (Lipinski definition) is 2. The monoisotopic (exact) mass is 377 g/mol. The van der Waals surface area contributed by atoms with E-state index in [-0.39, 0.29) is 18.5 Å². The predicted molar refractivity (Wildman–Crippen MR) is 98.6 cm³/mol. The number of imide groups is 1. The number of rotatable bonds is 4. The molecule has 2 fully saturated rings. The van der Waals surface area contributed by atoms with Gasteiger partial charge in [0.1, 0.15) is 12.1 Å². The number of carbonyl (C=O) groups is 3. The van der Waals surface area contributed by atoms with E-state index in [0.717, 1.165) is 24.2 Å². The first-order chi connectivity index (χ1) is 12.3. The van der Waals surface area contributed by atoms with E-state index in [0.29, 0.717) is 16.5 Å². The third-order valence-electron chi connectivity index (χ3n) is 5.45. The molecule has 1 aliphatic carbocycles. The summed E-state index contributed by atoms with van der Waals surface area (Å²) in [5.41, 5.74) is -0.753. The van der Waals surface area contributed by atoms with Crippen molar-refractivity contribution in [2.75, 3.05) is 6.54 Å². The third kappa shape index (κ3) is 3.43. The number of nitrogens with zero attached hydrogens (tertiary/aromatic N) is 1. The van der Waals surface area contributed by atoms with Crippen molar-refractivity contribution < 1.29 is 14.4 Å². The van der Waals surface area contributed by atoms with Gasteiger partial charge in [0, 0.05) is 16.6 Å². The minimum atomic E-state index is -1.27. The smallest absolute Gasteiger partial charge is 0.325 e. The second kappa shape index (κ2) is 7.27. The van der Waals surface area contributed by atoms with Crippen LogP contribution in [0.4, 0.5) is 4.79 Å². The number of benzene rings is 1. The molecule has 0 radical (unpaired) electrons. The van der Waals surface area contributed by atoms with Gasteiger partial charge >= 0.3 is 6.03 Å². The van der Waals surface area contributed by atoms with Crippen LogP contribution in [-0.4, -0.2) is 35.3 Å². The van der Waals surface area contributed by atoms with Gasteiger partial charge in [-0.2, -0.15) is 0 Å². The summed E-state index contributed by atoms with van der Waals surface area (Å²) < 4.78 is 0. The van der Waals surface area contributed by atoms with Gasteiger partial charge in [0.05, 0.1) is 0 Å². The molecule has 140 valence electrons. The summed E-state index contributed by atoms with van der Waals surface area (Å²) in [6.45, 7) is 3.44. The first kappa shape index (κ1) is 18.7. The molecule has 2 N–H and O–H groups in total.